The fourth-order valence-electron chi connectivity index (χ4n) is 0.934. The molecular formula is C7H4ClF2N3O2S. The van der Waals surface area contributed by atoms with Gasteiger partial charge < -0.3 is 0 Å². The van der Waals surface area contributed by atoms with Crippen LogP contribution < -0.4 is 5.14 Å². The number of nitrogens with zero attached hydrogens (tertiary/aromatic N) is 2. The number of sulfonamides is 1. The zero-order valence-electron chi connectivity index (χ0n) is 7.49. The third kappa shape index (κ3) is 2.44. The summed E-state index contributed by atoms with van der Waals surface area (Å²) in [6, 6.07) is 2.18. The van der Waals surface area contributed by atoms with Crippen LogP contribution in [0.2, 0.25) is 5.02 Å². The van der Waals surface area contributed by atoms with E-state index in [9.17, 15) is 17.2 Å². The van der Waals surface area contributed by atoms with Gasteiger partial charge in [-0.05, 0) is 6.07 Å². The van der Waals surface area contributed by atoms with E-state index in [2.05, 4.69) is 4.98 Å². The van der Waals surface area contributed by atoms with Crippen molar-refractivity contribution >= 4 is 21.6 Å². The van der Waals surface area contributed by atoms with Gasteiger partial charge >= 0.3 is 0 Å². The number of aromatic nitrogens is 1. The monoisotopic (exact) mass is 267 g/mol. The number of hydrogen-bond acceptors (Lipinski definition) is 4. The Morgan fingerprint density at radius 3 is 2.50 bits per heavy atom. The predicted molar refractivity (Wildman–Crippen MR) is 50.3 cm³/mol. The maximum atomic E-state index is 12.4. The van der Waals surface area contributed by atoms with Crippen LogP contribution in [0.4, 0.5) is 8.78 Å². The standard InChI is InChI=1S/C7H4ClF2N3O2S/c8-5-4(16(12,14)15)1-3(2-11)13-6(5)7(9)10/h1,7H,(H2,12,14,15). The molecule has 5 nitrogen and oxygen atoms in total. The summed E-state index contributed by atoms with van der Waals surface area (Å²) in [6.07, 6.45) is -3.10. The molecule has 0 bridgehead atoms. The molecule has 1 aromatic heterocycles. The summed E-state index contributed by atoms with van der Waals surface area (Å²) in [4.78, 5) is 2.46. The molecule has 0 atom stereocenters. The minimum Gasteiger partial charge on any atom is -0.234 e. The minimum atomic E-state index is -4.28. The summed E-state index contributed by atoms with van der Waals surface area (Å²) < 4.78 is 46.9. The van der Waals surface area contributed by atoms with E-state index >= 15 is 0 Å². The van der Waals surface area contributed by atoms with E-state index in [-0.39, 0.29) is 0 Å². The van der Waals surface area contributed by atoms with Crippen molar-refractivity contribution < 1.29 is 17.2 Å². The zero-order chi connectivity index (χ0) is 12.5. The Hall–Kier alpha value is -1.30. The van der Waals surface area contributed by atoms with Crippen molar-refractivity contribution in [1.29, 1.82) is 5.26 Å². The largest absolute Gasteiger partial charge is 0.281 e. The third-order valence-corrected chi connectivity index (χ3v) is 3.02. The molecule has 0 saturated carbocycles. The molecule has 0 fully saturated rings. The van der Waals surface area contributed by atoms with Crippen LogP contribution in [0.1, 0.15) is 17.8 Å². The molecule has 2 N–H and O–H groups in total. The van der Waals surface area contributed by atoms with E-state index < -0.39 is 37.8 Å². The lowest BCUT2D eigenvalue weighted by Gasteiger charge is -2.06. The number of nitrogens with two attached hydrogens (primary N) is 1. The second kappa shape index (κ2) is 4.29. The van der Waals surface area contributed by atoms with E-state index in [0.29, 0.717) is 0 Å². The molecule has 1 rings (SSSR count). The summed E-state index contributed by atoms with van der Waals surface area (Å²) in [5.74, 6) is 0. The number of nitriles is 1. The Kier molecular flexibility index (Phi) is 3.42. The van der Waals surface area contributed by atoms with E-state index in [1.807, 2.05) is 0 Å². The van der Waals surface area contributed by atoms with Gasteiger partial charge in [0.2, 0.25) is 10.0 Å². The van der Waals surface area contributed by atoms with Crippen LogP contribution in [-0.2, 0) is 10.0 Å². The average Bonchev–Trinajstić information content (AvgIpc) is 2.15. The first-order valence-corrected chi connectivity index (χ1v) is 5.61. The molecule has 1 aromatic rings. The van der Waals surface area contributed by atoms with Crippen LogP contribution >= 0.6 is 11.6 Å². The van der Waals surface area contributed by atoms with Gasteiger partial charge in [0.1, 0.15) is 22.4 Å². The number of halogens is 3. The Bertz CT molecular complexity index is 568. The highest BCUT2D eigenvalue weighted by atomic mass is 35.5. The quantitative estimate of drug-likeness (QED) is 0.870. The highest BCUT2D eigenvalue weighted by Gasteiger charge is 2.23. The van der Waals surface area contributed by atoms with Gasteiger partial charge in [-0.2, -0.15) is 5.26 Å². The van der Waals surface area contributed by atoms with Crippen LogP contribution in [0.3, 0.4) is 0 Å². The lowest BCUT2D eigenvalue weighted by molar-refractivity contribution is 0.146. The Balaban J connectivity index is 3.65. The van der Waals surface area contributed by atoms with E-state index in [1.165, 1.54) is 6.07 Å². The Morgan fingerprint density at radius 2 is 2.12 bits per heavy atom. The molecule has 9 heteroatoms. The van der Waals surface area contributed by atoms with Crippen molar-refractivity contribution in [3.63, 3.8) is 0 Å². The molecule has 0 spiro atoms. The molecule has 86 valence electrons. The SMILES string of the molecule is N#Cc1cc(S(N)(=O)=O)c(Cl)c(C(F)F)n1. The van der Waals surface area contributed by atoms with Gasteiger partial charge in [0.15, 0.2) is 0 Å². The van der Waals surface area contributed by atoms with E-state index in [4.69, 9.17) is 22.0 Å². The molecule has 0 aliphatic carbocycles. The molecule has 0 radical (unpaired) electrons. The molecule has 0 saturated heterocycles. The highest BCUT2D eigenvalue weighted by molar-refractivity contribution is 7.89. The van der Waals surface area contributed by atoms with Crippen molar-refractivity contribution in [3.05, 3.63) is 22.5 Å². The van der Waals surface area contributed by atoms with E-state index in [1.54, 1.807) is 0 Å². The van der Waals surface area contributed by atoms with Gasteiger partial charge in [0.25, 0.3) is 6.43 Å². The number of pyridine rings is 1. The molecule has 0 aliphatic heterocycles. The molecule has 1 heterocycles. The molecule has 0 amide bonds. The lowest BCUT2D eigenvalue weighted by atomic mass is 10.3. The maximum Gasteiger partial charge on any atom is 0.281 e. The van der Waals surface area contributed by atoms with Crippen LogP contribution in [0.5, 0.6) is 0 Å². The fourth-order valence-corrected chi connectivity index (χ4v) is 2.07. The molecule has 16 heavy (non-hydrogen) atoms. The summed E-state index contributed by atoms with van der Waals surface area (Å²) in [5, 5.41) is 12.5. The normalized spacial score (nSPS) is 11.5. The van der Waals surface area contributed by atoms with Gasteiger partial charge in [-0.3, -0.25) is 0 Å². The second-order valence-corrected chi connectivity index (χ2v) is 4.57. The summed E-state index contributed by atoms with van der Waals surface area (Å²) in [7, 11) is -4.28. The first-order chi connectivity index (χ1) is 7.27. The third-order valence-electron chi connectivity index (χ3n) is 1.58. The number of alkyl halides is 2. The Morgan fingerprint density at radius 1 is 1.56 bits per heavy atom. The molecule has 0 unspecified atom stereocenters. The van der Waals surface area contributed by atoms with E-state index in [0.717, 1.165) is 6.07 Å². The fraction of sp³-hybridized carbons (Fsp3) is 0.143. The van der Waals surface area contributed by atoms with Crippen molar-refractivity contribution in [1.82, 2.24) is 4.98 Å². The van der Waals surface area contributed by atoms with Gasteiger partial charge in [0.05, 0.1) is 5.02 Å². The first kappa shape index (κ1) is 12.8. The Labute approximate surface area is 94.5 Å². The number of primary sulfonamides is 1. The van der Waals surface area contributed by atoms with Gasteiger partial charge in [0, 0.05) is 0 Å². The summed E-state index contributed by atoms with van der Waals surface area (Å²) in [5.41, 5.74) is -1.48. The van der Waals surface area contributed by atoms with Gasteiger partial charge in [-0.1, -0.05) is 11.6 Å². The smallest absolute Gasteiger partial charge is 0.234 e. The topological polar surface area (TPSA) is 96.8 Å². The van der Waals surface area contributed by atoms with Gasteiger partial charge in [-0.15, -0.1) is 0 Å². The second-order valence-electron chi connectivity index (χ2n) is 2.66. The lowest BCUT2D eigenvalue weighted by Crippen LogP contribution is -2.14. The number of rotatable bonds is 2. The number of hydrogen-bond donors (Lipinski definition) is 1. The average molecular weight is 268 g/mol. The van der Waals surface area contributed by atoms with Crippen LogP contribution in [0.15, 0.2) is 11.0 Å². The highest BCUT2D eigenvalue weighted by Crippen LogP contribution is 2.30. The predicted octanol–water partition coefficient (Wildman–Crippen LogP) is 1.19. The van der Waals surface area contributed by atoms with Crippen molar-refractivity contribution in [2.75, 3.05) is 0 Å². The molecule has 0 aromatic carbocycles. The first-order valence-electron chi connectivity index (χ1n) is 3.69. The van der Waals surface area contributed by atoms with Crippen LogP contribution in [-0.4, -0.2) is 13.4 Å². The van der Waals surface area contributed by atoms with Crippen molar-refractivity contribution in [3.8, 4) is 6.07 Å². The maximum absolute atomic E-state index is 12.4. The van der Waals surface area contributed by atoms with Gasteiger partial charge in [-0.25, -0.2) is 27.3 Å². The van der Waals surface area contributed by atoms with Crippen molar-refractivity contribution in [2.24, 2.45) is 5.14 Å². The molecular weight excluding hydrogens is 264 g/mol. The summed E-state index contributed by atoms with van der Waals surface area (Å²) >= 11 is 5.41. The van der Waals surface area contributed by atoms with Crippen LogP contribution in [0, 0.1) is 11.3 Å². The summed E-state index contributed by atoms with van der Waals surface area (Å²) in [6.45, 7) is 0. The van der Waals surface area contributed by atoms with Crippen molar-refractivity contribution in [2.45, 2.75) is 11.3 Å². The minimum absolute atomic E-state index is 0.497. The molecule has 0 aliphatic rings. The van der Waals surface area contributed by atoms with Crippen LogP contribution in [0.25, 0.3) is 0 Å². The zero-order valence-corrected chi connectivity index (χ0v) is 9.06.